The van der Waals surface area contributed by atoms with Gasteiger partial charge in [-0.05, 0) is 6.42 Å². The SMILES string of the molecule is CCCCCCCCCCCCNC(=S)c1ccccc1. The first-order valence-electron chi connectivity index (χ1n) is 8.68. The van der Waals surface area contributed by atoms with Gasteiger partial charge >= 0.3 is 0 Å². The lowest BCUT2D eigenvalue weighted by Crippen LogP contribution is -2.23. The quantitative estimate of drug-likeness (QED) is 0.383. The van der Waals surface area contributed by atoms with Crippen LogP contribution < -0.4 is 5.32 Å². The zero-order valence-electron chi connectivity index (χ0n) is 13.6. The number of hydrogen-bond donors (Lipinski definition) is 1. The first-order valence-corrected chi connectivity index (χ1v) is 9.08. The highest BCUT2D eigenvalue weighted by atomic mass is 32.1. The van der Waals surface area contributed by atoms with Crippen LogP contribution in [0, 0.1) is 0 Å². The fourth-order valence-corrected chi connectivity index (χ4v) is 2.74. The molecule has 0 unspecified atom stereocenters. The van der Waals surface area contributed by atoms with Crippen LogP contribution in [0.25, 0.3) is 0 Å². The molecule has 0 heterocycles. The molecule has 0 bridgehead atoms. The highest BCUT2D eigenvalue weighted by Crippen LogP contribution is 2.10. The molecule has 0 aliphatic heterocycles. The number of rotatable bonds is 12. The van der Waals surface area contributed by atoms with Crippen molar-refractivity contribution in [2.24, 2.45) is 0 Å². The van der Waals surface area contributed by atoms with E-state index in [1.54, 1.807) is 0 Å². The second-order valence-corrected chi connectivity index (χ2v) is 6.21. The summed E-state index contributed by atoms with van der Waals surface area (Å²) < 4.78 is 0. The zero-order chi connectivity index (χ0) is 15.2. The maximum atomic E-state index is 5.38. The minimum absolute atomic E-state index is 0.881. The van der Waals surface area contributed by atoms with Gasteiger partial charge in [0.1, 0.15) is 4.99 Å². The molecule has 0 aliphatic carbocycles. The maximum Gasteiger partial charge on any atom is 0.106 e. The van der Waals surface area contributed by atoms with E-state index in [4.69, 9.17) is 12.2 Å². The number of benzene rings is 1. The summed E-state index contributed by atoms with van der Waals surface area (Å²) in [5, 5.41) is 3.36. The normalized spacial score (nSPS) is 10.5. The van der Waals surface area contributed by atoms with Crippen molar-refractivity contribution < 1.29 is 0 Å². The summed E-state index contributed by atoms with van der Waals surface area (Å²) in [6.07, 6.45) is 13.8. The van der Waals surface area contributed by atoms with Crippen LogP contribution in [0.1, 0.15) is 76.7 Å². The van der Waals surface area contributed by atoms with Crippen LogP contribution >= 0.6 is 12.2 Å². The summed E-state index contributed by atoms with van der Waals surface area (Å²) >= 11 is 5.38. The molecule has 1 nitrogen and oxygen atoms in total. The molecular formula is C19H31NS. The molecule has 0 saturated carbocycles. The highest BCUT2D eigenvalue weighted by molar-refractivity contribution is 7.80. The van der Waals surface area contributed by atoms with Crippen molar-refractivity contribution >= 4 is 17.2 Å². The van der Waals surface area contributed by atoms with Gasteiger partial charge in [0, 0.05) is 12.1 Å². The molecule has 0 aromatic heterocycles. The van der Waals surface area contributed by atoms with Gasteiger partial charge in [-0.25, -0.2) is 0 Å². The lowest BCUT2D eigenvalue weighted by Gasteiger charge is -2.07. The van der Waals surface area contributed by atoms with Crippen LogP contribution in [0.3, 0.4) is 0 Å². The third-order valence-electron chi connectivity index (χ3n) is 3.85. The Morgan fingerprint density at radius 2 is 1.33 bits per heavy atom. The number of nitrogens with one attached hydrogen (secondary N) is 1. The minimum Gasteiger partial charge on any atom is -0.376 e. The molecule has 0 saturated heterocycles. The van der Waals surface area contributed by atoms with Crippen molar-refractivity contribution in [1.29, 1.82) is 0 Å². The van der Waals surface area contributed by atoms with Crippen LogP contribution in [0.5, 0.6) is 0 Å². The average Bonchev–Trinajstić information content (AvgIpc) is 2.53. The van der Waals surface area contributed by atoms with Gasteiger partial charge in [0.25, 0.3) is 0 Å². The fraction of sp³-hybridized carbons (Fsp3) is 0.632. The van der Waals surface area contributed by atoms with Crippen molar-refractivity contribution in [3.05, 3.63) is 35.9 Å². The molecule has 1 rings (SSSR count). The van der Waals surface area contributed by atoms with Gasteiger partial charge in [-0.1, -0.05) is 107 Å². The largest absolute Gasteiger partial charge is 0.376 e. The summed E-state index contributed by atoms with van der Waals surface area (Å²) in [6, 6.07) is 10.2. The third kappa shape index (κ3) is 9.62. The van der Waals surface area contributed by atoms with Gasteiger partial charge in [-0.3, -0.25) is 0 Å². The summed E-state index contributed by atoms with van der Waals surface area (Å²) in [7, 11) is 0. The van der Waals surface area contributed by atoms with Crippen LogP contribution in [0.4, 0.5) is 0 Å². The Morgan fingerprint density at radius 1 is 0.810 bits per heavy atom. The van der Waals surface area contributed by atoms with E-state index < -0.39 is 0 Å². The van der Waals surface area contributed by atoms with Crippen molar-refractivity contribution in [3.8, 4) is 0 Å². The second kappa shape index (κ2) is 12.8. The molecule has 118 valence electrons. The Labute approximate surface area is 136 Å². The summed E-state index contributed by atoms with van der Waals surface area (Å²) in [4.78, 5) is 0.881. The molecule has 1 N–H and O–H groups in total. The first-order chi connectivity index (χ1) is 10.3. The molecule has 1 aromatic carbocycles. The van der Waals surface area contributed by atoms with Crippen LogP contribution in [0.2, 0.25) is 0 Å². The predicted octanol–water partition coefficient (Wildman–Crippen LogP) is 5.87. The van der Waals surface area contributed by atoms with Gasteiger partial charge in [0.15, 0.2) is 0 Å². The van der Waals surface area contributed by atoms with Crippen molar-refractivity contribution in [2.45, 2.75) is 71.1 Å². The second-order valence-electron chi connectivity index (χ2n) is 5.80. The van der Waals surface area contributed by atoms with E-state index in [9.17, 15) is 0 Å². The molecule has 21 heavy (non-hydrogen) atoms. The average molecular weight is 306 g/mol. The Kier molecular flexibility index (Phi) is 11.1. The van der Waals surface area contributed by atoms with E-state index in [0.717, 1.165) is 17.1 Å². The Balaban J connectivity index is 1.88. The maximum absolute atomic E-state index is 5.38. The third-order valence-corrected chi connectivity index (χ3v) is 4.23. The number of unbranched alkanes of at least 4 members (excludes halogenated alkanes) is 9. The zero-order valence-corrected chi connectivity index (χ0v) is 14.4. The van der Waals surface area contributed by atoms with E-state index in [2.05, 4.69) is 24.4 Å². The molecule has 0 amide bonds. The molecule has 0 spiro atoms. The predicted molar refractivity (Wildman–Crippen MR) is 98.0 cm³/mol. The topological polar surface area (TPSA) is 12.0 Å². The molecule has 0 atom stereocenters. The molecular weight excluding hydrogens is 274 g/mol. The lowest BCUT2D eigenvalue weighted by atomic mass is 10.1. The lowest BCUT2D eigenvalue weighted by molar-refractivity contribution is 0.555. The van der Waals surface area contributed by atoms with Crippen LogP contribution in [-0.2, 0) is 0 Å². The minimum atomic E-state index is 0.881. The smallest absolute Gasteiger partial charge is 0.106 e. The number of hydrogen-bond acceptors (Lipinski definition) is 1. The Bertz CT molecular complexity index is 361. The molecule has 0 radical (unpaired) electrons. The highest BCUT2D eigenvalue weighted by Gasteiger charge is 1.98. The van der Waals surface area contributed by atoms with Gasteiger partial charge in [-0.15, -0.1) is 0 Å². The molecule has 0 aliphatic rings. The molecule has 1 aromatic rings. The number of thiocarbonyl (C=S) groups is 1. The van der Waals surface area contributed by atoms with E-state index in [1.807, 2.05) is 18.2 Å². The van der Waals surface area contributed by atoms with Gasteiger partial charge in [0.05, 0.1) is 0 Å². The van der Waals surface area contributed by atoms with Crippen LogP contribution in [0.15, 0.2) is 30.3 Å². The van der Waals surface area contributed by atoms with Gasteiger partial charge < -0.3 is 5.32 Å². The summed E-state index contributed by atoms with van der Waals surface area (Å²) in [5.41, 5.74) is 1.12. The van der Waals surface area contributed by atoms with Crippen molar-refractivity contribution in [3.63, 3.8) is 0 Å². The molecule has 2 heteroatoms. The molecule has 0 fully saturated rings. The van der Waals surface area contributed by atoms with E-state index in [0.29, 0.717) is 0 Å². The van der Waals surface area contributed by atoms with Crippen molar-refractivity contribution in [1.82, 2.24) is 5.32 Å². The summed E-state index contributed by atoms with van der Waals surface area (Å²) in [5.74, 6) is 0. The monoisotopic (exact) mass is 305 g/mol. The fourth-order valence-electron chi connectivity index (χ4n) is 2.51. The van der Waals surface area contributed by atoms with E-state index in [-0.39, 0.29) is 0 Å². The Morgan fingerprint density at radius 3 is 1.90 bits per heavy atom. The first kappa shape index (κ1) is 18.2. The standard InChI is InChI=1S/C19H31NS/c1-2-3-4-5-6-7-8-9-10-14-17-20-19(21)18-15-12-11-13-16-18/h11-13,15-16H,2-10,14,17H2,1H3,(H,20,21). The Hall–Kier alpha value is -0.890. The van der Waals surface area contributed by atoms with Gasteiger partial charge in [-0.2, -0.15) is 0 Å². The van der Waals surface area contributed by atoms with Crippen LogP contribution in [-0.4, -0.2) is 11.5 Å². The van der Waals surface area contributed by atoms with E-state index in [1.165, 1.54) is 64.2 Å². The van der Waals surface area contributed by atoms with E-state index >= 15 is 0 Å². The van der Waals surface area contributed by atoms with Crippen molar-refractivity contribution in [2.75, 3.05) is 6.54 Å². The summed E-state index contributed by atoms with van der Waals surface area (Å²) in [6.45, 7) is 3.28. The van der Waals surface area contributed by atoms with Gasteiger partial charge in [0.2, 0.25) is 0 Å².